The van der Waals surface area contributed by atoms with Crippen LogP contribution in [0.1, 0.15) is 37.3 Å². The molecule has 1 N–H and O–H groups in total. The summed E-state index contributed by atoms with van der Waals surface area (Å²) in [7, 11) is 0. The van der Waals surface area contributed by atoms with Crippen LogP contribution in [0.5, 0.6) is 0 Å². The summed E-state index contributed by atoms with van der Waals surface area (Å²) in [6.45, 7) is 5.58. The van der Waals surface area contributed by atoms with Crippen molar-refractivity contribution in [1.29, 1.82) is 0 Å². The van der Waals surface area contributed by atoms with E-state index >= 15 is 0 Å². The van der Waals surface area contributed by atoms with E-state index < -0.39 is 0 Å². The molecular formula is C19H23N9. The summed E-state index contributed by atoms with van der Waals surface area (Å²) in [6, 6.07) is 3.98. The van der Waals surface area contributed by atoms with Gasteiger partial charge in [-0.25, -0.2) is 9.97 Å². The number of nitrogens with zero attached hydrogens (tertiary/aromatic N) is 8. The molecule has 0 aromatic carbocycles. The molecule has 0 bridgehead atoms. The minimum atomic E-state index is 0.415. The fourth-order valence-electron chi connectivity index (χ4n) is 4.11. The van der Waals surface area contributed by atoms with Crippen molar-refractivity contribution >= 4 is 16.9 Å². The lowest BCUT2D eigenvalue weighted by Gasteiger charge is -2.32. The number of H-pyrrole nitrogens is 1. The summed E-state index contributed by atoms with van der Waals surface area (Å²) < 4.78 is 4.14. The highest BCUT2D eigenvalue weighted by atomic mass is 15.3. The van der Waals surface area contributed by atoms with Crippen molar-refractivity contribution in [3.8, 4) is 0 Å². The first-order valence-electron chi connectivity index (χ1n) is 9.76. The van der Waals surface area contributed by atoms with Crippen molar-refractivity contribution in [1.82, 2.24) is 39.5 Å². The van der Waals surface area contributed by atoms with Crippen molar-refractivity contribution in [2.45, 2.75) is 38.8 Å². The van der Waals surface area contributed by atoms with Crippen LogP contribution in [-0.2, 0) is 13.1 Å². The van der Waals surface area contributed by atoms with Gasteiger partial charge in [-0.1, -0.05) is 0 Å². The van der Waals surface area contributed by atoms with Crippen molar-refractivity contribution in [3.05, 3.63) is 48.7 Å². The molecule has 1 saturated heterocycles. The molecule has 5 heterocycles. The van der Waals surface area contributed by atoms with E-state index in [9.17, 15) is 0 Å². The predicted octanol–water partition coefficient (Wildman–Crippen LogP) is 2.20. The fraction of sp³-hybridized carbons (Fsp3) is 0.421. The predicted molar refractivity (Wildman–Crippen MR) is 105 cm³/mol. The van der Waals surface area contributed by atoms with Crippen LogP contribution in [0.4, 0.5) is 5.82 Å². The minimum Gasteiger partial charge on any atom is -0.356 e. The summed E-state index contributed by atoms with van der Waals surface area (Å²) in [5.74, 6) is 3.49. The Hall–Kier alpha value is -3.23. The summed E-state index contributed by atoms with van der Waals surface area (Å²) in [4.78, 5) is 14.3. The molecular weight excluding hydrogens is 354 g/mol. The molecule has 9 nitrogen and oxygen atoms in total. The van der Waals surface area contributed by atoms with Gasteiger partial charge in [0.15, 0.2) is 5.82 Å². The van der Waals surface area contributed by atoms with Crippen LogP contribution in [0.15, 0.2) is 37.1 Å². The Morgan fingerprint density at radius 3 is 2.86 bits per heavy atom. The standard InChI is InChI=1S/C19H23N9/c1-2-28-16(12-27-9-3-7-23-27)24-25-18(28)14-5-10-26(11-6-14)19-15-4-8-20-17(15)21-13-22-19/h3-4,7-9,13-14H,2,5-6,10-12H2,1H3,(H,20,21,22). The SMILES string of the molecule is CCn1c(Cn2cccn2)nnc1C1CCN(c2ncnc3[nH]ccc23)CC1. The number of aromatic amines is 1. The zero-order valence-corrected chi connectivity index (χ0v) is 15.9. The molecule has 0 atom stereocenters. The highest BCUT2D eigenvalue weighted by Gasteiger charge is 2.27. The number of fused-ring (bicyclic) bond motifs is 1. The second-order valence-corrected chi connectivity index (χ2v) is 7.12. The molecule has 1 aliphatic heterocycles. The number of hydrogen-bond acceptors (Lipinski definition) is 6. The van der Waals surface area contributed by atoms with Crippen molar-refractivity contribution in [2.24, 2.45) is 0 Å². The molecule has 1 fully saturated rings. The van der Waals surface area contributed by atoms with E-state index in [0.29, 0.717) is 12.5 Å². The molecule has 4 aromatic rings. The maximum absolute atomic E-state index is 4.55. The van der Waals surface area contributed by atoms with E-state index in [4.69, 9.17) is 0 Å². The lowest BCUT2D eigenvalue weighted by molar-refractivity contribution is 0.461. The van der Waals surface area contributed by atoms with Crippen LogP contribution in [-0.4, -0.2) is 52.6 Å². The molecule has 28 heavy (non-hydrogen) atoms. The number of hydrogen-bond donors (Lipinski definition) is 1. The maximum Gasteiger partial charge on any atom is 0.154 e. The lowest BCUT2D eigenvalue weighted by atomic mass is 9.95. The van der Waals surface area contributed by atoms with Gasteiger partial charge in [0, 0.05) is 44.1 Å². The highest BCUT2D eigenvalue weighted by Crippen LogP contribution is 2.31. The van der Waals surface area contributed by atoms with Crippen LogP contribution in [0, 0.1) is 0 Å². The van der Waals surface area contributed by atoms with E-state index in [1.54, 1.807) is 12.5 Å². The largest absolute Gasteiger partial charge is 0.356 e. The van der Waals surface area contributed by atoms with E-state index in [-0.39, 0.29) is 0 Å². The van der Waals surface area contributed by atoms with E-state index in [1.807, 2.05) is 29.2 Å². The van der Waals surface area contributed by atoms with Crippen LogP contribution in [0.2, 0.25) is 0 Å². The summed E-state index contributed by atoms with van der Waals surface area (Å²) >= 11 is 0. The normalized spacial score (nSPS) is 15.5. The number of anilines is 1. The average molecular weight is 377 g/mol. The molecule has 1 aliphatic rings. The number of rotatable bonds is 5. The smallest absolute Gasteiger partial charge is 0.154 e. The molecule has 9 heteroatoms. The quantitative estimate of drug-likeness (QED) is 0.573. The van der Waals surface area contributed by atoms with Gasteiger partial charge in [-0.3, -0.25) is 4.68 Å². The van der Waals surface area contributed by atoms with Crippen molar-refractivity contribution in [2.75, 3.05) is 18.0 Å². The summed E-state index contributed by atoms with van der Waals surface area (Å²) in [5, 5.41) is 14.4. The first kappa shape index (κ1) is 16.9. The molecule has 144 valence electrons. The first-order valence-corrected chi connectivity index (χ1v) is 9.76. The summed E-state index contributed by atoms with van der Waals surface area (Å²) in [6.07, 6.45) is 9.37. The van der Waals surface area contributed by atoms with Crippen LogP contribution >= 0.6 is 0 Å². The average Bonchev–Trinajstić information content (AvgIpc) is 3.49. The number of piperidine rings is 1. The van der Waals surface area contributed by atoms with Gasteiger partial charge in [-0.15, -0.1) is 10.2 Å². The second kappa shape index (κ2) is 7.06. The Morgan fingerprint density at radius 1 is 1.18 bits per heavy atom. The highest BCUT2D eigenvalue weighted by molar-refractivity contribution is 5.87. The van der Waals surface area contributed by atoms with Gasteiger partial charge < -0.3 is 14.5 Å². The Labute approximate surface area is 162 Å². The van der Waals surface area contributed by atoms with Crippen LogP contribution in [0.25, 0.3) is 11.0 Å². The van der Waals surface area contributed by atoms with Gasteiger partial charge in [0.2, 0.25) is 0 Å². The third-order valence-corrected chi connectivity index (χ3v) is 5.53. The zero-order valence-electron chi connectivity index (χ0n) is 15.9. The van der Waals surface area contributed by atoms with E-state index in [0.717, 1.165) is 61.0 Å². The zero-order chi connectivity index (χ0) is 18.9. The third-order valence-electron chi connectivity index (χ3n) is 5.53. The van der Waals surface area contributed by atoms with Gasteiger partial charge in [0.25, 0.3) is 0 Å². The maximum atomic E-state index is 4.55. The minimum absolute atomic E-state index is 0.415. The number of nitrogens with one attached hydrogen (secondary N) is 1. The topological polar surface area (TPSA) is 93.3 Å². The van der Waals surface area contributed by atoms with Crippen LogP contribution in [0.3, 0.4) is 0 Å². The van der Waals surface area contributed by atoms with E-state index in [1.165, 1.54) is 0 Å². The van der Waals surface area contributed by atoms with Gasteiger partial charge >= 0.3 is 0 Å². The second-order valence-electron chi connectivity index (χ2n) is 7.12. The molecule has 0 radical (unpaired) electrons. The Morgan fingerprint density at radius 2 is 2.07 bits per heavy atom. The van der Waals surface area contributed by atoms with Crippen molar-refractivity contribution in [3.63, 3.8) is 0 Å². The first-order chi connectivity index (χ1) is 13.8. The Balaban J connectivity index is 1.33. The summed E-state index contributed by atoms with van der Waals surface area (Å²) in [5.41, 5.74) is 0.890. The molecule has 4 aromatic heterocycles. The molecule has 0 unspecified atom stereocenters. The fourth-order valence-corrected chi connectivity index (χ4v) is 4.11. The van der Waals surface area contributed by atoms with Crippen LogP contribution < -0.4 is 4.90 Å². The number of aromatic nitrogens is 8. The van der Waals surface area contributed by atoms with Gasteiger partial charge in [0.1, 0.15) is 30.2 Å². The molecule has 0 saturated carbocycles. The third kappa shape index (κ3) is 2.92. The van der Waals surface area contributed by atoms with Gasteiger partial charge in [-0.05, 0) is 31.9 Å². The van der Waals surface area contributed by atoms with E-state index in [2.05, 4.69) is 46.6 Å². The Bertz CT molecular complexity index is 1050. The lowest BCUT2D eigenvalue weighted by Crippen LogP contribution is -2.34. The Kier molecular flexibility index (Phi) is 4.27. The molecule has 0 amide bonds. The molecule has 0 aliphatic carbocycles. The molecule has 5 rings (SSSR count). The van der Waals surface area contributed by atoms with Gasteiger partial charge in [-0.2, -0.15) is 5.10 Å². The van der Waals surface area contributed by atoms with Crippen molar-refractivity contribution < 1.29 is 0 Å². The van der Waals surface area contributed by atoms with Gasteiger partial charge in [0.05, 0.1) is 5.39 Å². The molecule has 0 spiro atoms. The monoisotopic (exact) mass is 377 g/mol.